The number of benzene rings is 1. The van der Waals surface area contributed by atoms with Crippen LogP contribution in [0, 0.1) is 0 Å². The highest BCUT2D eigenvalue weighted by atomic mass is 16.5. The summed E-state index contributed by atoms with van der Waals surface area (Å²) in [5.41, 5.74) is 2.50. The molecule has 0 radical (unpaired) electrons. The van der Waals surface area contributed by atoms with E-state index in [4.69, 9.17) is 4.74 Å². The fourth-order valence-corrected chi connectivity index (χ4v) is 3.12. The van der Waals surface area contributed by atoms with Gasteiger partial charge < -0.3 is 10.1 Å². The van der Waals surface area contributed by atoms with Crippen molar-refractivity contribution in [2.45, 2.75) is 32.0 Å². The second-order valence-corrected chi connectivity index (χ2v) is 6.44. The van der Waals surface area contributed by atoms with Crippen molar-refractivity contribution in [1.29, 1.82) is 0 Å². The molecule has 3 rings (SSSR count). The van der Waals surface area contributed by atoms with Crippen LogP contribution < -0.4 is 5.32 Å². The highest BCUT2D eigenvalue weighted by molar-refractivity contribution is 5.14. The zero-order valence-electron chi connectivity index (χ0n) is 14.4. The van der Waals surface area contributed by atoms with Gasteiger partial charge in [0.1, 0.15) is 0 Å². The second-order valence-electron chi connectivity index (χ2n) is 6.44. The summed E-state index contributed by atoms with van der Waals surface area (Å²) < 4.78 is 5.99. The third kappa shape index (κ3) is 5.13. The van der Waals surface area contributed by atoms with Gasteiger partial charge in [-0.15, -0.1) is 0 Å². The van der Waals surface area contributed by atoms with Crippen LogP contribution >= 0.6 is 0 Å². The largest absolute Gasteiger partial charge is 0.374 e. The molecule has 1 N–H and O–H groups in total. The summed E-state index contributed by atoms with van der Waals surface area (Å²) in [6.45, 7) is 6.94. The van der Waals surface area contributed by atoms with E-state index in [1.54, 1.807) is 0 Å². The number of aromatic nitrogens is 1. The average Bonchev–Trinajstić information content (AvgIpc) is 2.64. The summed E-state index contributed by atoms with van der Waals surface area (Å²) >= 11 is 0. The van der Waals surface area contributed by atoms with E-state index in [2.05, 4.69) is 58.5 Å². The summed E-state index contributed by atoms with van der Waals surface area (Å²) in [6, 6.07) is 17.1. The predicted molar refractivity (Wildman–Crippen MR) is 96.9 cm³/mol. The Balaban J connectivity index is 1.43. The predicted octanol–water partition coefficient (Wildman–Crippen LogP) is 2.50. The van der Waals surface area contributed by atoms with Gasteiger partial charge in [0.25, 0.3) is 0 Å². The van der Waals surface area contributed by atoms with E-state index in [-0.39, 0.29) is 6.10 Å². The van der Waals surface area contributed by atoms with Crippen LogP contribution in [0.3, 0.4) is 0 Å². The van der Waals surface area contributed by atoms with Crippen LogP contribution in [-0.4, -0.2) is 48.3 Å². The normalized spacial score (nSPS) is 20.0. The summed E-state index contributed by atoms with van der Waals surface area (Å²) in [5.74, 6) is 0. The van der Waals surface area contributed by atoms with Gasteiger partial charge in [-0.2, -0.15) is 0 Å². The monoisotopic (exact) mass is 325 g/mol. The van der Waals surface area contributed by atoms with Crippen LogP contribution in [0.2, 0.25) is 0 Å². The Bertz CT molecular complexity index is 590. The minimum Gasteiger partial charge on any atom is -0.374 e. The Hall–Kier alpha value is -1.75. The second kappa shape index (κ2) is 8.92. The van der Waals surface area contributed by atoms with Gasteiger partial charge in [-0.25, -0.2) is 0 Å². The minimum atomic E-state index is 0.242. The highest BCUT2D eigenvalue weighted by Gasteiger charge is 2.25. The van der Waals surface area contributed by atoms with Gasteiger partial charge in [0.05, 0.1) is 12.7 Å². The van der Waals surface area contributed by atoms with Crippen LogP contribution in [0.5, 0.6) is 0 Å². The quantitative estimate of drug-likeness (QED) is 0.849. The number of rotatable bonds is 7. The molecule has 0 bridgehead atoms. The first-order chi connectivity index (χ1) is 11.8. The zero-order chi connectivity index (χ0) is 16.6. The van der Waals surface area contributed by atoms with Gasteiger partial charge >= 0.3 is 0 Å². The van der Waals surface area contributed by atoms with Gasteiger partial charge in [0.15, 0.2) is 0 Å². The number of nitrogens with zero attached hydrogens (tertiary/aromatic N) is 2. The van der Waals surface area contributed by atoms with Gasteiger partial charge in [0, 0.05) is 50.5 Å². The molecule has 0 spiro atoms. The van der Waals surface area contributed by atoms with Crippen molar-refractivity contribution in [2.24, 2.45) is 0 Å². The Labute approximate surface area is 144 Å². The number of ether oxygens (including phenoxy) is 1. The van der Waals surface area contributed by atoms with Crippen LogP contribution in [0.1, 0.15) is 18.2 Å². The van der Waals surface area contributed by atoms with Crippen LogP contribution in [-0.2, 0) is 17.7 Å². The molecule has 4 nitrogen and oxygen atoms in total. The van der Waals surface area contributed by atoms with E-state index in [1.165, 1.54) is 5.56 Å². The molecule has 2 aromatic rings. The van der Waals surface area contributed by atoms with Crippen molar-refractivity contribution in [3.05, 3.63) is 66.0 Å². The van der Waals surface area contributed by atoms with E-state index >= 15 is 0 Å². The third-order valence-electron chi connectivity index (χ3n) is 4.56. The lowest BCUT2D eigenvalue weighted by Gasteiger charge is -2.36. The van der Waals surface area contributed by atoms with Crippen molar-refractivity contribution in [1.82, 2.24) is 15.2 Å². The van der Waals surface area contributed by atoms with Gasteiger partial charge in [-0.1, -0.05) is 36.4 Å². The highest BCUT2D eigenvalue weighted by Crippen LogP contribution is 2.12. The van der Waals surface area contributed by atoms with Crippen molar-refractivity contribution >= 4 is 0 Å². The Morgan fingerprint density at radius 2 is 2.04 bits per heavy atom. The van der Waals surface area contributed by atoms with Crippen molar-refractivity contribution < 1.29 is 4.74 Å². The van der Waals surface area contributed by atoms with E-state index in [0.29, 0.717) is 6.04 Å². The smallest absolute Gasteiger partial charge is 0.0852 e. The standard InChI is InChI=1S/C20H27N3O/c1-17(21-12-10-19-9-5-6-11-22-19)20-16-23(13-14-24-20)15-18-7-3-2-4-8-18/h2-9,11,17,20-21H,10,12-16H2,1H3/t17-,20+/m0/s1. The number of hydrogen-bond donors (Lipinski definition) is 1. The topological polar surface area (TPSA) is 37.4 Å². The molecule has 1 aromatic heterocycles. The van der Waals surface area contributed by atoms with E-state index in [0.717, 1.165) is 44.9 Å². The van der Waals surface area contributed by atoms with Crippen molar-refractivity contribution in [3.8, 4) is 0 Å². The molecule has 1 aliphatic heterocycles. The summed E-state index contributed by atoms with van der Waals surface area (Å²) in [7, 11) is 0. The maximum absolute atomic E-state index is 5.99. The van der Waals surface area contributed by atoms with Crippen molar-refractivity contribution in [3.63, 3.8) is 0 Å². The lowest BCUT2D eigenvalue weighted by Crippen LogP contribution is -2.51. The Morgan fingerprint density at radius 3 is 2.83 bits per heavy atom. The molecule has 2 atom stereocenters. The van der Waals surface area contributed by atoms with E-state index < -0.39 is 0 Å². The molecule has 128 valence electrons. The fourth-order valence-electron chi connectivity index (χ4n) is 3.12. The molecule has 1 fully saturated rings. The lowest BCUT2D eigenvalue weighted by molar-refractivity contribution is -0.0459. The maximum Gasteiger partial charge on any atom is 0.0852 e. The Morgan fingerprint density at radius 1 is 1.21 bits per heavy atom. The van der Waals surface area contributed by atoms with Crippen LogP contribution in [0.15, 0.2) is 54.7 Å². The molecular weight excluding hydrogens is 298 g/mol. The first kappa shape index (κ1) is 17.1. The number of morpholine rings is 1. The molecule has 24 heavy (non-hydrogen) atoms. The van der Waals surface area contributed by atoms with E-state index in [9.17, 15) is 0 Å². The fraction of sp³-hybridized carbons (Fsp3) is 0.450. The van der Waals surface area contributed by atoms with Crippen molar-refractivity contribution in [2.75, 3.05) is 26.2 Å². The first-order valence-electron chi connectivity index (χ1n) is 8.82. The zero-order valence-corrected chi connectivity index (χ0v) is 14.4. The number of nitrogens with one attached hydrogen (secondary N) is 1. The minimum absolute atomic E-state index is 0.242. The third-order valence-corrected chi connectivity index (χ3v) is 4.56. The molecule has 4 heteroatoms. The molecule has 0 unspecified atom stereocenters. The maximum atomic E-state index is 5.99. The molecule has 1 aromatic carbocycles. The molecule has 0 saturated carbocycles. The molecule has 0 aliphatic carbocycles. The summed E-state index contributed by atoms with van der Waals surface area (Å²) in [6.07, 6.45) is 3.04. The van der Waals surface area contributed by atoms with Crippen LogP contribution in [0.25, 0.3) is 0 Å². The molecule has 2 heterocycles. The summed E-state index contributed by atoms with van der Waals surface area (Å²) in [4.78, 5) is 6.85. The number of pyridine rings is 1. The molecular formula is C20H27N3O. The SMILES string of the molecule is C[C@H](NCCc1ccccn1)[C@H]1CN(Cc2ccccc2)CCO1. The molecule has 1 aliphatic rings. The van der Waals surface area contributed by atoms with Gasteiger partial charge in [0.2, 0.25) is 0 Å². The number of hydrogen-bond acceptors (Lipinski definition) is 4. The Kier molecular flexibility index (Phi) is 6.35. The summed E-state index contributed by atoms with van der Waals surface area (Å²) in [5, 5.41) is 3.59. The van der Waals surface area contributed by atoms with Crippen LogP contribution in [0.4, 0.5) is 0 Å². The molecule has 0 amide bonds. The average molecular weight is 325 g/mol. The first-order valence-corrected chi connectivity index (χ1v) is 8.82. The molecule has 1 saturated heterocycles. The van der Waals surface area contributed by atoms with E-state index in [1.807, 2.05) is 18.3 Å². The van der Waals surface area contributed by atoms with Gasteiger partial charge in [-0.05, 0) is 24.6 Å². The van der Waals surface area contributed by atoms with Gasteiger partial charge in [-0.3, -0.25) is 9.88 Å². The lowest BCUT2D eigenvalue weighted by atomic mass is 10.1.